The summed E-state index contributed by atoms with van der Waals surface area (Å²) in [5, 5.41) is 0.312. The Kier molecular flexibility index (Phi) is 5.21. The molecule has 2 aromatic rings. The third-order valence-electron chi connectivity index (χ3n) is 3.16. The molecule has 0 unspecified atom stereocenters. The van der Waals surface area contributed by atoms with Crippen LogP contribution in [0.3, 0.4) is 0 Å². The minimum absolute atomic E-state index is 0.113. The lowest BCUT2D eigenvalue weighted by atomic mass is 10.1. The first-order valence-electron chi connectivity index (χ1n) is 6.36. The molecule has 2 nitrogen and oxygen atoms in total. The van der Waals surface area contributed by atoms with Crippen molar-refractivity contribution in [3.63, 3.8) is 0 Å². The van der Waals surface area contributed by atoms with Gasteiger partial charge in [0.25, 0.3) is 5.91 Å². The summed E-state index contributed by atoms with van der Waals surface area (Å²) < 4.78 is 13.7. The van der Waals surface area contributed by atoms with Crippen LogP contribution in [0.25, 0.3) is 0 Å². The molecule has 0 aliphatic carbocycles. The Hall–Kier alpha value is -1.58. The summed E-state index contributed by atoms with van der Waals surface area (Å²) in [7, 11) is 1.61. The molecule has 0 heterocycles. The molecule has 0 bridgehead atoms. The number of nitrogens with zero attached hydrogens (tertiary/aromatic N) is 1. The van der Waals surface area contributed by atoms with Gasteiger partial charge < -0.3 is 4.90 Å². The van der Waals surface area contributed by atoms with E-state index in [2.05, 4.69) is 0 Å². The fourth-order valence-corrected chi connectivity index (χ4v) is 2.35. The third kappa shape index (κ3) is 3.74. The predicted octanol–water partition coefficient (Wildman–Crippen LogP) is 4.49. The van der Waals surface area contributed by atoms with E-state index >= 15 is 0 Å². The van der Waals surface area contributed by atoms with Gasteiger partial charge in [0.2, 0.25) is 0 Å². The number of alkyl halides is 1. The second-order valence-electron chi connectivity index (χ2n) is 4.69. The molecule has 2 aromatic carbocycles. The van der Waals surface area contributed by atoms with Crippen molar-refractivity contribution in [1.82, 2.24) is 4.90 Å². The fourth-order valence-electron chi connectivity index (χ4n) is 1.95. The van der Waals surface area contributed by atoms with Crippen LogP contribution in [0.1, 0.15) is 21.5 Å². The molecule has 1 amide bonds. The van der Waals surface area contributed by atoms with Gasteiger partial charge in [0, 0.05) is 35.6 Å². The summed E-state index contributed by atoms with van der Waals surface area (Å²) in [4.78, 5) is 13.7. The van der Waals surface area contributed by atoms with Crippen molar-refractivity contribution in [3.8, 4) is 0 Å². The van der Waals surface area contributed by atoms with E-state index in [1.54, 1.807) is 37.4 Å². The minimum atomic E-state index is -0.417. The van der Waals surface area contributed by atoms with Gasteiger partial charge in [-0.25, -0.2) is 4.39 Å². The Morgan fingerprint density at radius 3 is 2.43 bits per heavy atom. The lowest BCUT2D eigenvalue weighted by Gasteiger charge is -2.18. The van der Waals surface area contributed by atoms with Crippen LogP contribution in [0.15, 0.2) is 42.5 Å². The molecule has 0 saturated carbocycles. The number of rotatable bonds is 4. The van der Waals surface area contributed by atoms with E-state index in [-0.39, 0.29) is 12.5 Å². The van der Waals surface area contributed by atoms with Gasteiger partial charge in [-0.3, -0.25) is 4.79 Å². The summed E-state index contributed by atoms with van der Waals surface area (Å²) in [6, 6.07) is 11.5. The highest BCUT2D eigenvalue weighted by Gasteiger charge is 2.15. The molecular weight excluding hydrogens is 312 g/mol. The molecule has 0 atom stereocenters. The first-order chi connectivity index (χ1) is 10.0. The van der Waals surface area contributed by atoms with Crippen molar-refractivity contribution >= 4 is 29.1 Å². The van der Waals surface area contributed by atoms with Crippen molar-refractivity contribution in [2.75, 3.05) is 7.05 Å². The van der Waals surface area contributed by atoms with Gasteiger partial charge >= 0.3 is 0 Å². The van der Waals surface area contributed by atoms with Crippen LogP contribution in [-0.4, -0.2) is 17.9 Å². The average molecular weight is 326 g/mol. The van der Waals surface area contributed by atoms with Crippen LogP contribution >= 0.6 is 23.2 Å². The van der Waals surface area contributed by atoms with E-state index in [1.165, 1.54) is 17.0 Å². The molecule has 5 heteroatoms. The number of benzene rings is 2. The van der Waals surface area contributed by atoms with E-state index in [4.69, 9.17) is 23.2 Å². The first kappa shape index (κ1) is 15.8. The van der Waals surface area contributed by atoms with E-state index in [0.717, 1.165) is 5.56 Å². The molecule has 0 fully saturated rings. The van der Waals surface area contributed by atoms with Crippen molar-refractivity contribution in [2.24, 2.45) is 0 Å². The van der Waals surface area contributed by atoms with Crippen LogP contribution in [-0.2, 0) is 12.4 Å². The number of hydrogen-bond acceptors (Lipinski definition) is 1. The Balaban J connectivity index is 2.15. The minimum Gasteiger partial charge on any atom is -0.337 e. The zero-order chi connectivity index (χ0) is 15.4. The monoisotopic (exact) mass is 325 g/mol. The topological polar surface area (TPSA) is 20.3 Å². The van der Waals surface area contributed by atoms with Crippen molar-refractivity contribution in [2.45, 2.75) is 12.4 Å². The highest BCUT2D eigenvalue weighted by atomic mass is 35.5. The maximum absolute atomic E-state index is 13.7. The van der Waals surface area contributed by atoms with E-state index in [1.807, 2.05) is 0 Å². The van der Waals surface area contributed by atoms with Gasteiger partial charge in [-0.15, -0.1) is 11.6 Å². The lowest BCUT2D eigenvalue weighted by Crippen LogP contribution is -2.26. The van der Waals surface area contributed by atoms with Crippen LogP contribution in [0.4, 0.5) is 4.39 Å². The Bertz CT molecular complexity index is 623. The van der Waals surface area contributed by atoms with Crippen LogP contribution in [0.2, 0.25) is 5.02 Å². The van der Waals surface area contributed by atoms with E-state index < -0.39 is 5.82 Å². The van der Waals surface area contributed by atoms with Gasteiger partial charge in [0.15, 0.2) is 0 Å². The first-order valence-corrected chi connectivity index (χ1v) is 7.27. The number of carbonyl (C=O) groups excluding carboxylic acids is 1. The van der Waals surface area contributed by atoms with Crippen LogP contribution in [0.5, 0.6) is 0 Å². The maximum atomic E-state index is 13.7. The molecule has 2 rings (SSSR count). The Labute approximate surface area is 133 Å². The second kappa shape index (κ2) is 6.92. The van der Waals surface area contributed by atoms with E-state index in [0.29, 0.717) is 22.0 Å². The van der Waals surface area contributed by atoms with Crippen LogP contribution in [0, 0.1) is 5.82 Å². The fraction of sp³-hybridized carbons (Fsp3) is 0.188. The third-order valence-corrected chi connectivity index (χ3v) is 3.82. The van der Waals surface area contributed by atoms with Crippen molar-refractivity contribution in [3.05, 3.63) is 70.0 Å². The molecule has 0 aliphatic heterocycles. The largest absolute Gasteiger partial charge is 0.337 e. The van der Waals surface area contributed by atoms with Gasteiger partial charge in [-0.1, -0.05) is 29.8 Å². The summed E-state index contributed by atoms with van der Waals surface area (Å²) in [6.07, 6.45) is 0. The van der Waals surface area contributed by atoms with Gasteiger partial charge in [0.1, 0.15) is 5.82 Å². The van der Waals surface area contributed by atoms with Gasteiger partial charge in [-0.2, -0.15) is 0 Å². The molecule has 0 radical (unpaired) electrons. The molecule has 0 saturated heterocycles. The van der Waals surface area contributed by atoms with Crippen molar-refractivity contribution in [1.29, 1.82) is 0 Å². The second-order valence-corrected chi connectivity index (χ2v) is 5.37. The quantitative estimate of drug-likeness (QED) is 0.758. The van der Waals surface area contributed by atoms with Gasteiger partial charge in [0.05, 0.1) is 0 Å². The number of halogens is 3. The summed E-state index contributed by atoms with van der Waals surface area (Å²) in [5.41, 5.74) is 1.78. The predicted molar refractivity (Wildman–Crippen MR) is 83.2 cm³/mol. The normalized spacial score (nSPS) is 10.5. The molecule has 21 heavy (non-hydrogen) atoms. The highest BCUT2D eigenvalue weighted by molar-refractivity contribution is 6.31. The summed E-state index contributed by atoms with van der Waals surface area (Å²) in [6.45, 7) is 0.113. The van der Waals surface area contributed by atoms with Gasteiger partial charge in [-0.05, 0) is 29.8 Å². The van der Waals surface area contributed by atoms with E-state index in [9.17, 15) is 9.18 Å². The molecule has 0 spiro atoms. The standard InChI is InChI=1S/C16H14Cl2FNO/c1-20(10-13-14(18)3-2-4-15(13)19)16(21)12-7-5-11(9-17)6-8-12/h2-8H,9-10H2,1H3. The highest BCUT2D eigenvalue weighted by Crippen LogP contribution is 2.21. The SMILES string of the molecule is CN(Cc1c(F)cccc1Cl)C(=O)c1ccc(CCl)cc1. The number of carbonyl (C=O) groups is 1. The lowest BCUT2D eigenvalue weighted by molar-refractivity contribution is 0.0784. The maximum Gasteiger partial charge on any atom is 0.253 e. The molecule has 0 N–H and O–H groups in total. The smallest absolute Gasteiger partial charge is 0.253 e. The molecule has 0 aromatic heterocycles. The number of amides is 1. The zero-order valence-corrected chi connectivity index (χ0v) is 13.0. The molecule has 0 aliphatic rings. The summed E-state index contributed by atoms with van der Waals surface area (Å²) >= 11 is 11.7. The Morgan fingerprint density at radius 2 is 1.86 bits per heavy atom. The van der Waals surface area contributed by atoms with Crippen molar-refractivity contribution < 1.29 is 9.18 Å². The zero-order valence-electron chi connectivity index (χ0n) is 11.4. The average Bonchev–Trinajstić information content (AvgIpc) is 2.50. The molecule has 110 valence electrons. The van der Waals surface area contributed by atoms with Crippen LogP contribution < -0.4 is 0 Å². The number of hydrogen-bond donors (Lipinski definition) is 0. The molecular formula is C16H14Cl2FNO. The Morgan fingerprint density at radius 1 is 1.19 bits per heavy atom. The summed E-state index contributed by atoms with van der Waals surface area (Å²) in [5.74, 6) is -0.218.